The maximum absolute atomic E-state index is 12.2. The normalized spacial score (nSPS) is 11.8. The molecule has 344 valence electrons. The van der Waals surface area contributed by atoms with Gasteiger partial charge in [-0.3, -0.25) is 0 Å². The molecule has 25 heteroatoms. The minimum Gasteiger partial charge on any atom is -0.507 e. The lowest BCUT2D eigenvalue weighted by molar-refractivity contribution is 0.329. The molecule has 25 nitrogen and oxygen atoms in total. The molecule has 0 atom stereocenters. The van der Waals surface area contributed by atoms with Gasteiger partial charge >= 0.3 is 0 Å². The van der Waals surface area contributed by atoms with Crippen molar-refractivity contribution in [2.45, 2.75) is 0 Å². The third kappa shape index (κ3) is 4.78. The van der Waals surface area contributed by atoms with E-state index in [0.717, 1.165) is 0 Å². The van der Waals surface area contributed by atoms with Crippen molar-refractivity contribution in [3.05, 3.63) is 12.1 Å². The van der Waals surface area contributed by atoms with Crippen LogP contribution in [0.25, 0.3) is 87.6 Å². The zero-order valence-electron chi connectivity index (χ0n) is 32.3. The van der Waals surface area contributed by atoms with Crippen LogP contribution in [0.4, 0.5) is 0 Å². The molecule has 9 rings (SSSR count). The summed E-state index contributed by atoms with van der Waals surface area (Å²) in [6, 6.07) is 1.35. The standard InChI is InChI=1S/C42H26O25/c43-3-1-2-4(44)6-5(3)7(11-19(45)13(25(51)32(58)24(11)50)14-26(52)36(62)39(65)37(63)27(14)53)9-10(22(48)34(60)33(59)21(9)47)8(6)12-20(46)17-18-30(56)23(49)15-16(31(57)38(64)35(61)28(15)54)41(18)67-42(17)40(66)29(12)55/h1-2,43-66H. The lowest BCUT2D eigenvalue weighted by atomic mass is 9.81. The second-order valence-electron chi connectivity index (χ2n) is 14.8. The summed E-state index contributed by atoms with van der Waals surface area (Å²) >= 11 is 0. The molecular formula is C42H26O25. The zero-order chi connectivity index (χ0) is 49.2. The summed E-state index contributed by atoms with van der Waals surface area (Å²) in [7, 11) is 0. The van der Waals surface area contributed by atoms with E-state index < -0.39 is 226 Å². The molecule has 0 fully saturated rings. The Labute approximate surface area is 364 Å². The molecule has 0 bridgehead atoms. The molecule has 0 aliphatic carbocycles. The summed E-state index contributed by atoms with van der Waals surface area (Å²) in [4.78, 5) is 0. The Hall–Kier alpha value is -10.5. The van der Waals surface area contributed by atoms with Gasteiger partial charge in [-0.2, -0.15) is 0 Å². The highest BCUT2D eigenvalue weighted by molar-refractivity contribution is 6.32. The van der Waals surface area contributed by atoms with E-state index in [1.54, 1.807) is 0 Å². The van der Waals surface area contributed by atoms with Gasteiger partial charge in [-0.15, -0.1) is 0 Å². The molecule has 1 heterocycles. The van der Waals surface area contributed by atoms with Gasteiger partial charge in [0.25, 0.3) is 0 Å². The lowest BCUT2D eigenvalue weighted by Gasteiger charge is -2.24. The predicted octanol–water partition coefficient (Wildman–Crippen LogP) is 4.98. The zero-order valence-corrected chi connectivity index (χ0v) is 32.3. The first-order chi connectivity index (χ1) is 31.3. The van der Waals surface area contributed by atoms with E-state index in [-0.39, 0.29) is 0 Å². The highest BCUT2D eigenvalue weighted by Crippen LogP contribution is 2.68. The third-order valence-corrected chi connectivity index (χ3v) is 11.5. The molecule has 1 aromatic heterocycles. The van der Waals surface area contributed by atoms with Gasteiger partial charge in [-0.1, -0.05) is 0 Å². The lowest BCUT2D eigenvalue weighted by Crippen LogP contribution is -1.97. The van der Waals surface area contributed by atoms with Crippen LogP contribution in [0.1, 0.15) is 0 Å². The van der Waals surface area contributed by atoms with E-state index in [0.29, 0.717) is 12.1 Å². The average Bonchev–Trinajstić information content (AvgIpc) is 3.70. The van der Waals surface area contributed by atoms with Crippen molar-refractivity contribution in [2.24, 2.45) is 0 Å². The number of aromatic hydroxyl groups is 24. The van der Waals surface area contributed by atoms with Crippen LogP contribution >= 0.6 is 0 Å². The SMILES string of the molecule is Oc1c(O)c(O)c(-c2c(O)c(O)c(O)c(-c3c4c(O)ccc(O)c4c(-c4c(O)c(O)c5oc6c7c(O)c(O)c(O)c(O)c7c(O)c(O)c6c5c4O)c4c(O)c(O)c(O)c(O)c34)c2O)c(O)c1O. The highest BCUT2D eigenvalue weighted by Gasteiger charge is 2.40. The van der Waals surface area contributed by atoms with Crippen molar-refractivity contribution in [3.63, 3.8) is 0 Å². The number of phenolic OH excluding ortho intramolecular Hbond substituents is 24. The Morgan fingerprint density at radius 1 is 0.179 bits per heavy atom. The number of benzene rings is 8. The molecular weight excluding hydrogens is 904 g/mol. The van der Waals surface area contributed by atoms with E-state index in [4.69, 9.17) is 4.42 Å². The second-order valence-corrected chi connectivity index (χ2v) is 14.8. The van der Waals surface area contributed by atoms with Crippen molar-refractivity contribution in [1.82, 2.24) is 0 Å². The van der Waals surface area contributed by atoms with Gasteiger partial charge in [0, 0.05) is 32.7 Å². The smallest absolute Gasteiger partial charge is 0.208 e. The van der Waals surface area contributed by atoms with Crippen LogP contribution in [0.5, 0.6) is 138 Å². The Bertz CT molecular complexity index is 3820. The maximum Gasteiger partial charge on any atom is 0.208 e. The molecule has 67 heavy (non-hydrogen) atoms. The highest BCUT2D eigenvalue weighted by atomic mass is 16.4. The molecule has 0 aliphatic rings. The fraction of sp³-hybridized carbons (Fsp3) is 0. The fourth-order valence-electron chi connectivity index (χ4n) is 8.43. The summed E-state index contributed by atoms with van der Waals surface area (Å²) in [5.74, 6) is -36.5. The average molecular weight is 931 g/mol. The molecule has 9 aromatic rings. The van der Waals surface area contributed by atoms with Gasteiger partial charge in [-0.25, -0.2) is 0 Å². The van der Waals surface area contributed by atoms with Crippen LogP contribution in [-0.4, -0.2) is 123 Å². The first-order valence-corrected chi connectivity index (χ1v) is 18.2. The summed E-state index contributed by atoms with van der Waals surface area (Å²) in [5, 5.41) is 258. The number of phenols is 24. The maximum atomic E-state index is 12.2. The van der Waals surface area contributed by atoms with E-state index in [2.05, 4.69) is 0 Å². The van der Waals surface area contributed by atoms with Crippen LogP contribution < -0.4 is 0 Å². The van der Waals surface area contributed by atoms with Gasteiger partial charge in [0.1, 0.15) is 23.0 Å². The Kier molecular flexibility index (Phi) is 8.15. The molecule has 0 spiro atoms. The minimum absolute atomic E-state index is 0.669. The topological polar surface area (TPSA) is 499 Å². The summed E-state index contributed by atoms with van der Waals surface area (Å²) in [6.45, 7) is 0. The number of rotatable bonds is 3. The second kappa shape index (κ2) is 13.0. The Balaban J connectivity index is 1.56. The van der Waals surface area contributed by atoms with Crippen molar-refractivity contribution in [2.75, 3.05) is 0 Å². The third-order valence-electron chi connectivity index (χ3n) is 11.5. The number of furan rings is 1. The molecule has 0 aliphatic heterocycles. The van der Waals surface area contributed by atoms with Crippen LogP contribution in [0.2, 0.25) is 0 Å². The Morgan fingerprint density at radius 2 is 0.433 bits per heavy atom. The van der Waals surface area contributed by atoms with E-state index in [1.807, 2.05) is 0 Å². The molecule has 0 amide bonds. The molecule has 0 radical (unpaired) electrons. The molecule has 0 saturated carbocycles. The van der Waals surface area contributed by atoms with E-state index in [1.165, 1.54) is 0 Å². The van der Waals surface area contributed by atoms with Gasteiger partial charge in [0.05, 0.1) is 43.8 Å². The first kappa shape index (κ1) is 41.9. The molecule has 8 aromatic carbocycles. The van der Waals surface area contributed by atoms with Crippen LogP contribution in [0.15, 0.2) is 16.5 Å². The van der Waals surface area contributed by atoms with E-state index >= 15 is 0 Å². The van der Waals surface area contributed by atoms with Gasteiger partial charge in [0.15, 0.2) is 74.4 Å². The molecule has 24 N–H and O–H groups in total. The van der Waals surface area contributed by atoms with Crippen molar-refractivity contribution >= 4 is 54.3 Å². The molecule has 0 unspecified atom stereocenters. The monoisotopic (exact) mass is 930 g/mol. The fourth-order valence-corrected chi connectivity index (χ4v) is 8.43. The van der Waals surface area contributed by atoms with Crippen LogP contribution in [0, 0.1) is 0 Å². The van der Waals surface area contributed by atoms with Gasteiger partial charge in [-0.05, 0) is 12.1 Å². The van der Waals surface area contributed by atoms with Crippen molar-refractivity contribution < 1.29 is 127 Å². The summed E-state index contributed by atoms with van der Waals surface area (Å²) in [6.07, 6.45) is 0. The number of fused-ring (bicyclic) bond motifs is 7. The number of hydrogen-bond donors (Lipinski definition) is 24. The quantitative estimate of drug-likeness (QED) is 0.0630. The van der Waals surface area contributed by atoms with Gasteiger partial charge in [0.2, 0.25) is 51.7 Å². The van der Waals surface area contributed by atoms with Crippen molar-refractivity contribution in [3.8, 4) is 171 Å². The largest absolute Gasteiger partial charge is 0.507 e. The first-order valence-electron chi connectivity index (χ1n) is 18.2. The summed E-state index contributed by atoms with van der Waals surface area (Å²) < 4.78 is 5.58. The summed E-state index contributed by atoms with van der Waals surface area (Å²) in [5.41, 5.74) is -9.84. The predicted molar refractivity (Wildman–Crippen MR) is 223 cm³/mol. The number of hydrogen-bond acceptors (Lipinski definition) is 25. The van der Waals surface area contributed by atoms with Crippen LogP contribution in [0.3, 0.4) is 0 Å². The van der Waals surface area contributed by atoms with E-state index in [9.17, 15) is 123 Å². The minimum atomic E-state index is -1.73. The van der Waals surface area contributed by atoms with Gasteiger partial charge < -0.3 is 127 Å². The van der Waals surface area contributed by atoms with Crippen LogP contribution in [-0.2, 0) is 0 Å². The molecule has 0 saturated heterocycles. The van der Waals surface area contributed by atoms with Crippen molar-refractivity contribution in [1.29, 1.82) is 0 Å². The Morgan fingerprint density at radius 3 is 0.881 bits per heavy atom.